The number of benzene rings is 3. The molecular formula is C29H29FN2O4. The average Bonchev–Trinajstić information content (AvgIpc) is 3.61. The summed E-state index contributed by atoms with van der Waals surface area (Å²) in [5.41, 5.74) is 4.34. The third-order valence-corrected chi connectivity index (χ3v) is 7.14. The van der Waals surface area contributed by atoms with Crippen LogP contribution in [0.15, 0.2) is 66.7 Å². The zero-order valence-electron chi connectivity index (χ0n) is 20.4. The number of halogens is 1. The molecule has 1 spiro atoms. The number of rotatable bonds is 8. The van der Waals surface area contributed by atoms with Gasteiger partial charge < -0.3 is 19.7 Å². The molecule has 0 saturated heterocycles. The Kier molecular flexibility index (Phi) is 6.39. The number of carbonyl (C=O) groups is 2. The summed E-state index contributed by atoms with van der Waals surface area (Å²) in [6.45, 7) is 3.84. The van der Waals surface area contributed by atoms with Crippen LogP contribution in [0.5, 0.6) is 5.75 Å². The molecule has 1 atom stereocenters. The first kappa shape index (κ1) is 23.9. The number of esters is 1. The lowest BCUT2D eigenvalue weighted by Gasteiger charge is -2.23. The normalized spacial score (nSPS) is 15.8. The van der Waals surface area contributed by atoms with Crippen molar-refractivity contribution in [2.45, 2.75) is 31.2 Å². The molecule has 1 amide bonds. The maximum Gasteiger partial charge on any atom is 0.337 e. The van der Waals surface area contributed by atoms with E-state index >= 15 is 0 Å². The van der Waals surface area contributed by atoms with Crippen molar-refractivity contribution in [3.63, 3.8) is 0 Å². The quantitative estimate of drug-likeness (QED) is 0.451. The predicted octanol–water partition coefficient (Wildman–Crippen LogP) is 5.03. The van der Waals surface area contributed by atoms with E-state index in [0.717, 1.165) is 30.6 Å². The molecule has 0 unspecified atom stereocenters. The standard InChI is InChI=1S/C29H29FN2O4/c1-19(20-6-8-21(9-7-20)28(34)35-2)31-27(33)24-4-3-5-25-26(24)32(18-29(25)14-15-29)16-17-36-23-12-10-22(30)11-13-23/h3-13,19H,14-18H2,1-2H3,(H,31,33)/t19-/m0/s1. The Morgan fingerprint density at radius 1 is 1.06 bits per heavy atom. The lowest BCUT2D eigenvalue weighted by Crippen LogP contribution is -2.32. The highest BCUT2D eigenvalue weighted by atomic mass is 19.1. The highest BCUT2D eigenvalue weighted by Crippen LogP contribution is 2.57. The van der Waals surface area contributed by atoms with Gasteiger partial charge in [-0.3, -0.25) is 4.79 Å². The number of amides is 1. The van der Waals surface area contributed by atoms with Crippen molar-refractivity contribution in [3.05, 3.63) is 94.8 Å². The van der Waals surface area contributed by atoms with Crippen LogP contribution in [0, 0.1) is 5.82 Å². The summed E-state index contributed by atoms with van der Waals surface area (Å²) in [6.07, 6.45) is 2.23. The Morgan fingerprint density at radius 2 is 1.78 bits per heavy atom. The maximum atomic E-state index is 13.4. The summed E-state index contributed by atoms with van der Waals surface area (Å²) < 4.78 is 23.8. The van der Waals surface area contributed by atoms with E-state index in [1.807, 2.05) is 31.2 Å². The van der Waals surface area contributed by atoms with Crippen LogP contribution in [-0.2, 0) is 10.2 Å². The molecule has 1 fully saturated rings. The van der Waals surface area contributed by atoms with E-state index < -0.39 is 5.97 Å². The Morgan fingerprint density at radius 3 is 2.44 bits per heavy atom. The third-order valence-electron chi connectivity index (χ3n) is 7.14. The smallest absolute Gasteiger partial charge is 0.337 e. The number of hydrogen-bond donors (Lipinski definition) is 1. The fourth-order valence-electron chi connectivity index (χ4n) is 4.98. The lowest BCUT2D eigenvalue weighted by atomic mass is 9.96. The van der Waals surface area contributed by atoms with Crippen LogP contribution in [0.2, 0.25) is 0 Å². The number of hydrogen-bond acceptors (Lipinski definition) is 5. The van der Waals surface area contributed by atoms with Crippen molar-refractivity contribution in [2.75, 3.05) is 31.7 Å². The molecule has 3 aromatic rings. The van der Waals surface area contributed by atoms with Gasteiger partial charge in [0.05, 0.1) is 36.5 Å². The minimum Gasteiger partial charge on any atom is -0.492 e. The number of methoxy groups -OCH3 is 1. The van der Waals surface area contributed by atoms with Gasteiger partial charge in [-0.1, -0.05) is 24.3 Å². The van der Waals surface area contributed by atoms with E-state index in [-0.39, 0.29) is 23.2 Å². The van der Waals surface area contributed by atoms with Gasteiger partial charge in [-0.2, -0.15) is 0 Å². The molecule has 1 saturated carbocycles. The van der Waals surface area contributed by atoms with Gasteiger partial charge in [-0.25, -0.2) is 9.18 Å². The molecule has 6 nitrogen and oxygen atoms in total. The van der Waals surface area contributed by atoms with Crippen molar-refractivity contribution in [1.82, 2.24) is 5.32 Å². The zero-order chi connectivity index (χ0) is 25.3. The van der Waals surface area contributed by atoms with E-state index in [9.17, 15) is 14.0 Å². The lowest BCUT2D eigenvalue weighted by molar-refractivity contribution is 0.0600. The predicted molar refractivity (Wildman–Crippen MR) is 135 cm³/mol. The third kappa shape index (κ3) is 4.65. The molecule has 36 heavy (non-hydrogen) atoms. The molecule has 0 radical (unpaired) electrons. The van der Waals surface area contributed by atoms with Gasteiger partial charge in [-0.05, 0) is 73.4 Å². The zero-order valence-corrected chi connectivity index (χ0v) is 20.4. The van der Waals surface area contributed by atoms with Crippen LogP contribution >= 0.6 is 0 Å². The molecule has 1 heterocycles. The van der Waals surface area contributed by atoms with Crippen molar-refractivity contribution in [2.24, 2.45) is 0 Å². The molecule has 1 N–H and O–H groups in total. The molecule has 1 aliphatic heterocycles. The minimum absolute atomic E-state index is 0.122. The molecule has 7 heteroatoms. The molecule has 2 aliphatic rings. The van der Waals surface area contributed by atoms with Crippen LogP contribution in [-0.4, -0.2) is 38.7 Å². The SMILES string of the molecule is COC(=O)c1ccc([C@H](C)NC(=O)c2cccc3c2N(CCOc2ccc(F)cc2)CC32CC2)cc1. The second-order valence-corrected chi connectivity index (χ2v) is 9.51. The topological polar surface area (TPSA) is 67.9 Å². The first-order valence-corrected chi connectivity index (χ1v) is 12.2. The summed E-state index contributed by atoms with van der Waals surface area (Å²) in [5, 5.41) is 3.11. The van der Waals surface area contributed by atoms with Crippen LogP contribution in [0.25, 0.3) is 0 Å². The summed E-state index contributed by atoms with van der Waals surface area (Å²) in [7, 11) is 1.35. The van der Waals surface area contributed by atoms with Gasteiger partial charge in [0.2, 0.25) is 0 Å². The molecular weight excluding hydrogens is 459 g/mol. The fraction of sp³-hybridized carbons (Fsp3) is 0.310. The van der Waals surface area contributed by atoms with E-state index in [4.69, 9.17) is 9.47 Å². The number of ether oxygens (including phenoxy) is 2. The second kappa shape index (κ2) is 9.64. The van der Waals surface area contributed by atoms with Crippen molar-refractivity contribution in [1.29, 1.82) is 0 Å². The number of para-hydroxylation sites is 1. The average molecular weight is 489 g/mol. The molecule has 3 aromatic carbocycles. The van der Waals surface area contributed by atoms with Gasteiger partial charge in [0, 0.05) is 12.0 Å². The van der Waals surface area contributed by atoms with Crippen LogP contribution in [0.1, 0.15) is 57.7 Å². The number of fused-ring (bicyclic) bond motifs is 2. The van der Waals surface area contributed by atoms with Crippen molar-refractivity contribution >= 4 is 17.6 Å². The van der Waals surface area contributed by atoms with Gasteiger partial charge >= 0.3 is 5.97 Å². The first-order chi connectivity index (χ1) is 17.4. The van der Waals surface area contributed by atoms with Gasteiger partial charge in [0.15, 0.2) is 0 Å². The summed E-state index contributed by atoms with van der Waals surface area (Å²) in [5.74, 6) is -0.208. The molecule has 1 aliphatic carbocycles. The number of carbonyl (C=O) groups excluding carboxylic acids is 2. The number of anilines is 1. The largest absolute Gasteiger partial charge is 0.492 e. The number of nitrogens with zero attached hydrogens (tertiary/aromatic N) is 1. The fourth-order valence-corrected chi connectivity index (χ4v) is 4.98. The van der Waals surface area contributed by atoms with Crippen LogP contribution < -0.4 is 15.0 Å². The van der Waals surface area contributed by atoms with Crippen molar-refractivity contribution in [3.8, 4) is 5.75 Å². The highest BCUT2D eigenvalue weighted by molar-refractivity contribution is 6.01. The van der Waals surface area contributed by atoms with Crippen LogP contribution in [0.4, 0.5) is 10.1 Å². The summed E-state index contributed by atoms with van der Waals surface area (Å²) >= 11 is 0. The van der Waals surface area contributed by atoms with E-state index in [1.54, 1.807) is 24.3 Å². The van der Waals surface area contributed by atoms with Gasteiger partial charge in [0.1, 0.15) is 18.2 Å². The summed E-state index contributed by atoms with van der Waals surface area (Å²) in [4.78, 5) is 27.4. The Hall–Kier alpha value is -3.87. The monoisotopic (exact) mass is 488 g/mol. The minimum atomic E-state index is -0.393. The first-order valence-electron chi connectivity index (χ1n) is 12.2. The second-order valence-electron chi connectivity index (χ2n) is 9.51. The Balaban J connectivity index is 1.31. The molecule has 186 valence electrons. The Labute approximate surface area is 210 Å². The van der Waals surface area contributed by atoms with Gasteiger partial charge in [0.25, 0.3) is 5.91 Å². The molecule has 5 rings (SSSR count). The van der Waals surface area contributed by atoms with E-state index in [1.165, 1.54) is 24.8 Å². The summed E-state index contributed by atoms with van der Waals surface area (Å²) in [6, 6.07) is 18.8. The van der Waals surface area contributed by atoms with Crippen molar-refractivity contribution < 1.29 is 23.5 Å². The highest BCUT2D eigenvalue weighted by Gasteiger charge is 2.52. The van der Waals surface area contributed by atoms with E-state index in [0.29, 0.717) is 30.0 Å². The number of nitrogens with one attached hydrogen (secondary N) is 1. The maximum absolute atomic E-state index is 13.4. The molecule has 0 bridgehead atoms. The molecule has 0 aromatic heterocycles. The Bertz CT molecular complexity index is 1270. The van der Waals surface area contributed by atoms with Gasteiger partial charge in [-0.15, -0.1) is 0 Å². The van der Waals surface area contributed by atoms with E-state index in [2.05, 4.69) is 16.3 Å². The van der Waals surface area contributed by atoms with Crippen LogP contribution in [0.3, 0.4) is 0 Å².